The molecular formula is C22H28BrNO3. The van der Waals surface area contributed by atoms with Crippen LogP contribution in [0.25, 0.3) is 0 Å². The molecule has 0 spiro atoms. The number of aryl methyl sites for hydroxylation is 1. The number of hydrogen-bond donors (Lipinski definition) is 1. The number of rotatable bonds is 6. The number of carbonyl (C=O) groups excluding carboxylic acids is 1. The third kappa shape index (κ3) is 4.82. The van der Waals surface area contributed by atoms with Crippen molar-refractivity contribution in [3.63, 3.8) is 0 Å². The zero-order valence-corrected chi connectivity index (χ0v) is 17.8. The third-order valence-electron chi connectivity index (χ3n) is 5.60. The molecule has 0 unspecified atom stereocenters. The molecule has 1 aromatic carbocycles. The maximum absolute atomic E-state index is 12.3. The van der Waals surface area contributed by atoms with Crippen molar-refractivity contribution in [1.29, 1.82) is 0 Å². The molecule has 4 nitrogen and oxygen atoms in total. The Labute approximate surface area is 169 Å². The molecule has 27 heavy (non-hydrogen) atoms. The molecule has 0 aliphatic carbocycles. The van der Waals surface area contributed by atoms with Gasteiger partial charge in [-0.15, -0.1) is 0 Å². The van der Waals surface area contributed by atoms with Gasteiger partial charge in [0.1, 0.15) is 0 Å². The van der Waals surface area contributed by atoms with Crippen LogP contribution in [0.5, 0.6) is 0 Å². The average Bonchev–Trinajstić information content (AvgIpc) is 3.09. The Balaban J connectivity index is 1.74. The second-order valence-corrected chi connectivity index (χ2v) is 8.64. The fraction of sp³-hybridized carbons (Fsp3) is 0.500. The number of nitrogens with one attached hydrogen (secondary N) is 1. The van der Waals surface area contributed by atoms with Crippen molar-refractivity contribution in [3.8, 4) is 0 Å². The Morgan fingerprint density at radius 2 is 2.00 bits per heavy atom. The van der Waals surface area contributed by atoms with Gasteiger partial charge in [0.25, 0.3) is 5.91 Å². The van der Waals surface area contributed by atoms with Crippen LogP contribution in [0.1, 0.15) is 54.8 Å². The van der Waals surface area contributed by atoms with E-state index in [9.17, 15) is 4.79 Å². The average molecular weight is 434 g/mol. The van der Waals surface area contributed by atoms with Crippen LogP contribution in [0.15, 0.2) is 45.5 Å². The molecular weight excluding hydrogens is 406 g/mol. The van der Waals surface area contributed by atoms with Gasteiger partial charge in [0.15, 0.2) is 10.4 Å². The fourth-order valence-corrected chi connectivity index (χ4v) is 4.17. The number of ether oxygens (including phenoxy) is 1. The summed E-state index contributed by atoms with van der Waals surface area (Å²) in [6.45, 7) is 7.91. The first-order valence-electron chi connectivity index (χ1n) is 9.62. The van der Waals surface area contributed by atoms with E-state index in [1.54, 1.807) is 12.1 Å². The summed E-state index contributed by atoms with van der Waals surface area (Å²) in [5.74, 6) is 0.635. The summed E-state index contributed by atoms with van der Waals surface area (Å²) in [4.78, 5) is 12.3. The maximum atomic E-state index is 12.3. The predicted molar refractivity (Wildman–Crippen MR) is 110 cm³/mol. The van der Waals surface area contributed by atoms with Gasteiger partial charge in [-0.3, -0.25) is 4.79 Å². The van der Waals surface area contributed by atoms with Crippen LogP contribution >= 0.6 is 15.9 Å². The number of halogens is 1. The second-order valence-electron chi connectivity index (χ2n) is 7.86. The summed E-state index contributed by atoms with van der Waals surface area (Å²) in [5.41, 5.74) is 2.63. The summed E-state index contributed by atoms with van der Waals surface area (Å²) < 4.78 is 11.9. The normalized spacial score (nSPS) is 22.8. The van der Waals surface area contributed by atoms with E-state index in [0.717, 1.165) is 25.9 Å². The van der Waals surface area contributed by atoms with Crippen LogP contribution < -0.4 is 5.32 Å². The molecule has 2 atom stereocenters. The molecule has 1 fully saturated rings. The van der Waals surface area contributed by atoms with Gasteiger partial charge >= 0.3 is 0 Å². The molecule has 1 aromatic heterocycles. The quantitative estimate of drug-likeness (QED) is 0.676. The van der Waals surface area contributed by atoms with E-state index in [1.807, 2.05) is 0 Å². The van der Waals surface area contributed by atoms with E-state index in [0.29, 0.717) is 22.9 Å². The molecule has 1 N–H and O–H groups in total. The molecule has 1 amide bonds. The van der Waals surface area contributed by atoms with Crippen molar-refractivity contribution in [3.05, 3.63) is 58.0 Å². The van der Waals surface area contributed by atoms with Crippen LogP contribution in [0.3, 0.4) is 0 Å². The summed E-state index contributed by atoms with van der Waals surface area (Å²) in [7, 11) is 0. The summed E-state index contributed by atoms with van der Waals surface area (Å²) >= 11 is 3.24. The van der Waals surface area contributed by atoms with E-state index >= 15 is 0 Å². The van der Waals surface area contributed by atoms with Crippen LogP contribution in [0.4, 0.5) is 0 Å². The number of amides is 1. The number of hydrogen-bond acceptors (Lipinski definition) is 3. The Bertz CT molecular complexity index is 768. The van der Waals surface area contributed by atoms with Crippen LogP contribution in [-0.4, -0.2) is 25.2 Å². The monoisotopic (exact) mass is 433 g/mol. The summed E-state index contributed by atoms with van der Waals surface area (Å²) in [5, 5.41) is 3.02. The highest BCUT2D eigenvalue weighted by atomic mass is 79.9. The first kappa shape index (κ1) is 20.2. The minimum Gasteiger partial charge on any atom is -0.444 e. The Morgan fingerprint density at radius 1 is 1.26 bits per heavy atom. The van der Waals surface area contributed by atoms with Gasteiger partial charge in [-0.05, 0) is 65.7 Å². The Kier molecular flexibility index (Phi) is 6.43. The molecule has 3 rings (SSSR count). The summed E-state index contributed by atoms with van der Waals surface area (Å²) in [6.07, 6.45) is 3.09. The van der Waals surface area contributed by atoms with Gasteiger partial charge in [0.2, 0.25) is 0 Å². The van der Waals surface area contributed by atoms with Crippen LogP contribution in [0, 0.1) is 12.8 Å². The Morgan fingerprint density at radius 3 is 2.63 bits per heavy atom. The summed E-state index contributed by atoms with van der Waals surface area (Å²) in [6, 6.07) is 12.2. The second kappa shape index (κ2) is 8.61. The zero-order valence-electron chi connectivity index (χ0n) is 16.3. The standard InChI is InChI=1S/C22H28BrNO3/c1-15(2)19-14-22(11-13-26-19,17-6-4-16(3)5-7-17)10-12-24-21(25)18-8-9-20(23)27-18/h4-9,15,19H,10-14H2,1-3H3,(H,24,25)/t19-,22+/m1/s1. The maximum Gasteiger partial charge on any atom is 0.287 e. The van der Waals surface area contributed by atoms with E-state index in [1.165, 1.54) is 11.1 Å². The fourth-order valence-electron chi connectivity index (χ4n) is 3.86. The highest BCUT2D eigenvalue weighted by molar-refractivity contribution is 9.10. The molecule has 2 aromatic rings. The molecule has 1 aliphatic rings. The molecule has 0 saturated carbocycles. The first-order valence-corrected chi connectivity index (χ1v) is 10.4. The SMILES string of the molecule is Cc1ccc([C@@]2(CCNC(=O)c3ccc(Br)o3)CCO[C@@H](C(C)C)C2)cc1. The highest BCUT2D eigenvalue weighted by Gasteiger charge is 2.39. The number of furan rings is 1. The van der Waals surface area contributed by atoms with Crippen molar-refractivity contribution >= 4 is 21.8 Å². The van der Waals surface area contributed by atoms with E-state index in [4.69, 9.17) is 9.15 Å². The highest BCUT2D eigenvalue weighted by Crippen LogP contribution is 2.41. The molecule has 0 bridgehead atoms. The van der Waals surface area contributed by atoms with Crippen molar-refractivity contribution in [2.75, 3.05) is 13.2 Å². The lowest BCUT2D eigenvalue weighted by Gasteiger charge is -2.43. The van der Waals surface area contributed by atoms with Crippen LogP contribution in [-0.2, 0) is 10.2 Å². The number of benzene rings is 1. The number of carbonyl (C=O) groups is 1. The zero-order chi connectivity index (χ0) is 19.4. The van der Waals surface area contributed by atoms with Gasteiger partial charge < -0.3 is 14.5 Å². The van der Waals surface area contributed by atoms with Gasteiger partial charge in [0, 0.05) is 18.6 Å². The van der Waals surface area contributed by atoms with E-state index in [2.05, 4.69) is 66.3 Å². The predicted octanol–water partition coefficient (Wildman–Crippen LogP) is 5.24. The molecule has 1 aliphatic heterocycles. The smallest absolute Gasteiger partial charge is 0.287 e. The van der Waals surface area contributed by atoms with Gasteiger partial charge in [-0.2, -0.15) is 0 Å². The third-order valence-corrected chi connectivity index (χ3v) is 6.02. The van der Waals surface area contributed by atoms with Gasteiger partial charge in [-0.1, -0.05) is 43.7 Å². The van der Waals surface area contributed by atoms with Crippen molar-refractivity contribution in [1.82, 2.24) is 5.32 Å². The largest absolute Gasteiger partial charge is 0.444 e. The van der Waals surface area contributed by atoms with Gasteiger partial charge in [0.05, 0.1) is 6.10 Å². The van der Waals surface area contributed by atoms with Crippen molar-refractivity contribution in [2.45, 2.75) is 51.6 Å². The van der Waals surface area contributed by atoms with Crippen LogP contribution in [0.2, 0.25) is 0 Å². The molecule has 2 heterocycles. The minimum absolute atomic E-state index is 0.0257. The topological polar surface area (TPSA) is 51.5 Å². The lowest BCUT2D eigenvalue weighted by molar-refractivity contribution is -0.0468. The molecule has 0 radical (unpaired) electrons. The first-order chi connectivity index (χ1) is 12.9. The van der Waals surface area contributed by atoms with Crippen molar-refractivity contribution < 1.29 is 13.9 Å². The lowest BCUT2D eigenvalue weighted by Crippen LogP contribution is -2.43. The molecule has 146 valence electrons. The molecule has 5 heteroatoms. The molecule has 1 saturated heterocycles. The van der Waals surface area contributed by atoms with E-state index in [-0.39, 0.29) is 17.4 Å². The lowest BCUT2D eigenvalue weighted by atomic mass is 9.68. The van der Waals surface area contributed by atoms with E-state index < -0.39 is 0 Å². The van der Waals surface area contributed by atoms with Crippen molar-refractivity contribution in [2.24, 2.45) is 5.92 Å². The minimum atomic E-state index is -0.174. The Hall–Kier alpha value is -1.59. The van der Waals surface area contributed by atoms with Gasteiger partial charge in [-0.25, -0.2) is 0 Å².